The molecule has 3 aliphatic rings. The maximum Gasteiger partial charge on any atom is 0.0361 e. The molecule has 0 spiro atoms. The molecule has 2 atom stereocenters. The van der Waals surface area contributed by atoms with Gasteiger partial charge in [-0.15, -0.1) is 0 Å². The van der Waals surface area contributed by atoms with Crippen molar-refractivity contribution in [2.45, 2.75) is 51.2 Å². The fraction of sp³-hybridized carbons (Fsp3) is 0.379. The van der Waals surface area contributed by atoms with E-state index >= 15 is 0 Å². The van der Waals surface area contributed by atoms with Crippen molar-refractivity contribution >= 4 is 0 Å². The first-order chi connectivity index (χ1) is 15.2. The lowest BCUT2D eigenvalue weighted by Crippen LogP contribution is -2.64. The van der Waals surface area contributed by atoms with Gasteiger partial charge in [0.25, 0.3) is 0 Å². The zero-order valence-electron chi connectivity index (χ0n) is 18.8. The van der Waals surface area contributed by atoms with Gasteiger partial charge in [-0.1, -0.05) is 78.9 Å². The molecule has 6 rings (SSSR count). The van der Waals surface area contributed by atoms with Crippen LogP contribution in [0.1, 0.15) is 46.6 Å². The largest absolute Gasteiger partial charge is 0.308 e. The molecule has 2 bridgehead atoms. The average molecular weight is 411 g/mol. The van der Waals surface area contributed by atoms with Gasteiger partial charge >= 0.3 is 0 Å². The highest BCUT2D eigenvalue weighted by atomic mass is 15.2. The van der Waals surface area contributed by atoms with Crippen molar-refractivity contribution in [2.75, 3.05) is 13.1 Å². The van der Waals surface area contributed by atoms with Crippen LogP contribution in [-0.2, 0) is 6.54 Å². The van der Waals surface area contributed by atoms with E-state index in [0.717, 1.165) is 12.5 Å². The van der Waals surface area contributed by atoms with E-state index in [1.54, 1.807) is 0 Å². The SMILES string of the molecule is Cc1cccc(C)c1CN[C@@H]1C2CCN(CC2)[C@H]1C(c1ccccc1)c1ccccc1. The lowest BCUT2D eigenvalue weighted by atomic mass is 9.70. The van der Waals surface area contributed by atoms with Crippen molar-refractivity contribution in [3.63, 3.8) is 0 Å². The third-order valence-electron chi connectivity index (χ3n) is 7.69. The van der Waals surface area contributed by atoms with E-state index in [2.05, 4.69) is 103 Å². The minimum absolute atomic E-state index is 0.390. The lowest BCUT2D eigenvalue weighted by Gasteiger charge is -2.54. The maximum atomic E-state index is 4.08. The Morgan fingerprint density at radius 3 is 1.87 bits per heavy atom. The van der Waals surface area contributed by atoms with Gasteiger partial charge < -0.3 is 5.32 Å². The van der Waals surface area contributed by atoms with Crippen LogP contribution in [0.15, 0.2) is 78.9 Å². The van der Waals surface area contributed by atoms with Gasteiger partial charge in [0.15, 0.2) is 0 Å². The monoisotopic (exact) mass is 410 g/mol. The van der Waals surface area contributed by atoms with E-state index in [-0.39, 0.29) is 0 Å². The summed E-state index contributed by atoms with van der Waals surface area (Å²) in [5.41, 5.74) is 7.13. The average Bonchev–Trinajstić information content (AvgIpc) is 2.82. The van der Waals surface area contributed by atoms with E-state index in [9.17, 15) is 0 Å². The van der Waals surface area contributed by atoms with Crippen molar-refractivity contribution in [2.24, 2.45) is 5.92 Å². The van der Waals surface area contributed by atoms with E-state index in [1.807, 2.05) is 0 Å². The molecule has 31 heavy (non-hydrogen) atoms. The summed E-state index contributed by atoms with van der Waals surface area (Å²) >= 11 is 0. The Balaban J connectivity index is 1.51. The molecule has 3 aromatic carbocycles. The molecule has 0 aliphatic carbocycles. The van der Waals surface area contributed by atoms with Crippen LogP contribution >= 0.6 is 0 Å². The number of fused-ring (bicyclic) bond motifs is 3. The Morgan fingerprint density at radius 2 is 1.32 bits per heavy atom. The molecule has 160 valence electrons. The van der Waals surface area contributed by atoms with E-state index in [1.165, 1.54) is 53.7 Å². The highest BCUT2D eigenvalue weighted by Gasteiger charge is 2.46. The fourth-order valence-electron chi connectivity index (χ4n) is 6.04. The first kappa shape index (κ1) is 20.5. The van der Waals surface area contributed by atoms with E-state index in [0.29, 0.717) is 18.0 Å². The first-order valence-electron chi connectivity index (χ1n) is 11.8. The number of nitrogens with zero attached hydrogens (tertiary/aromatic N) is 1. The third-order valence-corrected chi connectivity index (χ3v) is 7.69. The standard InChI is InChI=1S/C29H34N2/c1-21-10-9-11-22(2)26(21)20-30-28-25-16-18-31(19-17-25)29(28)27(23-12-5-3-6-13-23)24-14-7-4-8-15-24/h3-15,25,27-30H,16-20H2,1-2H3/t28-,29+/m1/s1. The quantitative estimate of drug-likeness (QED) is 0.562. The Morgan fingerprint density at radius 1 is 0.774 bits per heavy atom. The summed E-state index contributed by atoms with van der Waals surface area (Å²) in [5, 5.41) is 4.08. The smallest absolute Gasteiger partial charge is 0.0361 e. The summed E-state index contributed by atoms with van der Waals surface area (Å²) in [5.74, 6) is 1.15. The molecular weight excluding hydrogens is 376 g/mol. The van der Waals surface area contributed by atoms with Crippen molar-refractivity contribution < 1.29 is 0 Å². The number of rotatable bonds is 6. The van der Waals surface area contributed by atoms with Crippen LogP contribution in [0.4, 0.5) is 0 Å². The molecule has 0 saturated carbocycles. The number of hydrogen-bond donors (Lipinski definition) is 1. The van der Waals surface area contributed by atoms with Gasteiger partial charge in [-0.2, -0.15) is 0 Å². The zero-order chi connectivity index (χ0) is 21.2. The van der Waals surface area contributed by atoms with Crippen LogP contribution in [0.5, 0.6) is 0 Å². The van der Waals surface area contributed by atoms with Gasteiger partial charge in [0.1, 0.15) is 0 Å². The van der Waals surface area contributed by atoms with Gasteiger partial charge in [0, 0.05) is 24.5 Å². The summed E-state index contributed by atoms with van der Waals surface area (Å²) in [4.78, 5) is 2.77. The third kappa shape index (κ3) is 4.07. The van der Waals surface area contributed by atoms with Crippen LogP contribution in [0, 0.1) is 19.8 Å². The van der Waals surface area contributed by atoms with E-state index in [4.69, 9.17) is 0 Å². The van der Waals surface area contributed by atoms with Crippen molar-refractivity contribution in [1.82, 2.24) is 10.2 Å². The number of hydrogen-bond acceptors (Lipinski definition) is 2. The topological polar surface area (TPSA) is 15.3 Å². The van der Waals surface area contributed by atoms with Gasteiger partial charge in [0.2, 0.25) is 0 Å². The number of piperidine rings is 3. The molecule has 0 amide bonds. The van der Waals surface area contributed by atoms with Gasteiger partial charge in [-0.25, -0.2) is 0 Å². The Bertz CT molecular complexity index is 930. The van der Waals surface area contributed by atoms with Gasteiger partial charge in [-0.05, 0) is 73.5 Å². The second-order valence-electron chi connectivity index (χ2n) is 9.44. The molecule has 2 nitrogen and oxygen atoms in total. The zero-order valence-corrected chi connectivity index (χ0v) is 18.8. The Labute approximate surface area is 187 Å². The highest BCUT2D eigenvalue weighted by molar-refractivity contribution is 5.37. The molecule has 3 aliphatic heterocycles. The van der Waals surface area contributed by atoms with Gasteiger partial charge in [0.05, 0.1) is 0 Å². The molecule has 2 heteroatoms. The van der Waals surface area contributed by atoms with Crippen molar-refractivity contribution in [3.8, 4) is 0 Å². The summed E-state index contributed by atoms with van der Waals surface area (Å²) in [6, 6.07) is 30.0. The maximum absolute atomic E-state index is 4.08. The van der Waals surface area contributed by atoms with Crippen molar-refractivity contribution in [1.29, 1.82) is 0 Å². The predicted molar refractivity (Wildman–Crippen MR) is 129 cm³/mol. The highest BCUT2D eigenvalue weighted by Crippen LogP contribution is 2.42. The van der Waals surface area contributed by atoms with Crippen molar-refractivity contribution in [3.05, 3.63) is 107 Å². The Hall–Kier alpha value is -2.42. The van der Waals surface area contributed by atoms with Crippen LogP contribution in [0.25, 0.3) is 0 Å². The molecule has 0 aromatic heterocycles. The van der Waals surface area contributed by atoms with E-state index < -0.39 is 0 Å². The number of aryl methyl sites for hydroxylation is 2. The lowest BCUT2D eigenvalue weighted by molar-refractivity contribution is 0.00465. The molecule has 3 heterocycles. The summed E-state index contributed by atoms with van der Waals surface area (Å²) in [7, 11) is 0. The number of benzene rings is 3. The minimum Gasteiger partial charge on any atom is -0.308 e. The van der Waals surface area contributed by atoms with Crippen LogP contribution in [0.2, 0.25) is 0 Å². The molecule has 3 saturated heterocycles. The number of nitrogens with one attached hydrogen (secondary N) is 1. The normalized spacial score (nSPS) is 25.1. The van der Waals surface area contributed by atoms with Crippen LogP contribution < -0.4 is 5.32 Å². The van der Waals surface area contributed by atoms with Crippen LogP contribution in [0.3, 0.4) is 0 Å². The fourth-order valence-corrected chi connectivity index (χ4v) is 6.04. The second-order valence-corrected chi connectivity index (χ2v) is 9.44. The van der Waals surface area contributed by atoms with Crippen LogP contribution in [-0.4, -0.2) is 30.1 Å². The Kier molecular flexibility index (Phi) is 5.93. The molecule has 3 fully saturated rings. The predicted octanol–water partition coefficient (Wildman–Crippen LogP) is 5.69. The molecule has 3 aromatic rings. The molecular formula is C29H34N2. The summed E-state index contributed by atoms with van der Waals surface area (Å²) in [6.07, 6.45) is 2.63. The molecule has 0 unspecified atom stereocenters. The second kappa shape index (κ2) is 8.98. The van der Waals surface area contributed by atoms with Gasteiger partial charge in [-0.3, -0.25) is 4.90 Å². The first-order valence-corrected chi connectivity index (χ1v) is 11.8. The minimum atomic E-state index is 0.390. The summed E-state index contributed by atoms with van der Waals surface area (Å²) in [6.45, 7) is 7.91. The molecule has 1 N–H and O–H groups in total. The summed E-state index contributed by atoms with van der Waals surface area (Å²) < 4.78 is 0. The molecule has 0 radical (unpaired) electrons.